The maximum atomic E-state index is 12.7. The van der Waals surface area contributed by atoms with Gasteiger partial charge in [-0.2, -0.15) is 5.10 Å². The third kappa shape index (κ3) is 4.50. The molecule has 0 bridgehead atoms. The molecule has 3 amide bonds. The van der Waals surface area contributed by atoms with Crippen molar-refractivity contribution in [1.29, 1.82) is 0 Å². The normalized spacial score (nSPS) is 14.9. The summed E-state index contributed by atoms with van der Waals surface area (Å²) >= 11 is 0.911. The van der Waals surface area contributed by atoms with Gasteiger partial charge in [0.05, 0.1) is 28.0 Å². The number of carbonyl (C=O) groups excluding carboxylic acids is 3. The van der Waals surface area contributed by atoms with Gasteiger partial charge in [0.1, 0.15) is 0 Å². The Kier molecular flexibility index (Phi) is 6.51. The molecule has 2 aromatic carbocycles. The molecule has 8 heteroatoms. The van der Waals surface area contributed by atoms with E-state index in [4.69, 9.17) is 0 Å². The van der Waals surface area contributed by atoms with E-state index in [1.807, 2.05) is 67.6 Å². The smallest absolute Gasteiger partial charge is 0.293 e. The molecule has 1 aromatic heterocycles. The minimum atomic E-state index is -0.343. The van der Waals surface area contributed by atoms with Crippen LogP contribution in [-0.2, 0) is 11.2 Å². The van der Waals surface area contributed by atoms with Crippen LogP contribution in [0.2, 0.25) is 0 Å². The number of para-hydroxylation sites is 1. The number of hydrogen-bond donors (Lipinski definition) is 1. The third-order valence-electron chi connectivity index (χ3n) is 5.04. The van der Waals surface area contributed by atoms with Gasteiger partial charge in [0.25, 0.3) is 17.1 Å². The van der Waals surface area contributed by atoms with Crippen molar-refractivity contribution in [3.05, 3.63) is 88.6 Å². The quantitative estimate of drug-likeness (QED) is 0.557. The highest BCUT2D eigenvalue weighted by atomic mass is 32.2. The molecular formula is C24H22N4O3S. The van der Waals surface area contributed by atoms with E-state index in [0.29, 0.717) is 16.9 Å². The molecule has 32 heavy (non-hydrogen) atoms. The molecule has 2 heterocycles. The summed E-state index contributed by atoms with van der Waals surface area (Å²) in [6.45, 7) is 2.23. The average molecular weight is 447 g/mol. The van der Waals surface area contributed by atoms with Gasteiger partial charge in [0.2, 0.25) is 0 Å². The molecule has 0 atom stereocenters. The maximum absolute atomic E-state index is 12.7. The topological polar surface area (TPSA) is 84.3 Å². The van der Waals surface area contributed by atoms with E-state index in [2.05, 4.69) is 10.4 Å². The van der Waals surface area contributed by atoms with Crippen molar-refractivity contribution < 1.29 is 14.4 Å². The summed E-state index contributed by atoms with van der Waals surface area (Å²) < 4.78 is 1.75. The molecule has 162 valence electrons. The fraction of sp³-hybridized carbons (Fsp3) is 0.167. The van der Waals surface area contributed by atoms with Crippen molar-refractivity contribution in [3.63, 3.8) is 0 Å². The van der Waals surface area contributed by atoms with Crippen LogP contribution in [0.25, 0.3) is 11.8 Å². The molecule has 7 nitrogen and oxygen atoms in total. The number of nitrogens with one attached hydrogen (secondary N) is 1. The number of amides is 3. The SMILES string of the molecule is CCc1c(C(=O)NCCN2C(=O)S/C(=C\c3ccccc3)C2=O)cnn1-c1ccccc1. The highest BCUT2D eigenvalue weighted by molar-refractivity contribution is 8.18. The first-order chi connectivity index (χ1) is 15.6. The molecule has 0 spiro atoms. The van der Waals surface area contributed by atoms with Gasteiger partial charge >= 0.3 is 0 Å². The van der Waals surface area contributed by atoms with Crippen molar-refractivity contribution in [2.45, 2.75) is 13.3 Å². The fourth-order valence-electron chi connectivity index (χ4n) is 3.47. The Morgan fingerprint density at radius 3 is 2.44 bits per heavy atom. The van der Waals surface area contributed by atoms with E-state index >= 15 is 0 Å². The highest BCUT2D eigenvalue weighted by Gasteiger charge is 2.34. The molecule has 1 aliphatic rings. The number of carbonyl (C=O) groups is 3. The second-order valence-electron chi connectivity index (χ2n) is 7.11. The maximum Gasteiger partial charge on any atom is 0.293 e. The van der Waals surface area contributed by atoms with Crippen LogP contribution in [0.1, 0.15) is 28.5 Å². The number of nitrogens with zero attached hydrogens (tertiary/aromatic N) is 3. The van der Waals surface area contributed by atoms with E-state index in [1.165, 1.54) is 0 Å². The van der Waals surface area contributed by atoms with Crippen LogP contribution in [0.3, 0.4) is 0 Å². The first-order valence-electron chi connectivity index (χ1n) is 10.3. The third-order valence-corrected chi connectivity index (χ3v) is 5.95. The Balaban J connectivity index is 1.39. The minimum absolute atomic E-state index is 0.108. The van der Waals surface area contributed by atoms with Crippen LogP contribution in [-0.4, -0.2) is 44.8 Å². The fourth-order valence-corrected chi connectivity index (χ4v) is 4.33. The average Bonchev–Trinajstić information content (AvgIpc) is 3.36. The van der Waals surface area contributed by atoms with Crippen LogP contribution in [0.5, 0.6) is 0 Å². The molecule has 0 aliphatic carbocycles. The standard InChI is InChI=1S/C24H22N4O3S/c1-2-20-19(16-26-28(20)18-11-7-4-8-12-18)22(29)25-13-14-27-23(30)21(32-24(27)31)15-17-9-5-3-6-10-17/h3-12,15-16H,2,13-14H2,1H3,(H,25,29)/b21-15-. The van der Waals surface area contributed by atoms with Gasteiger partial charge in [-0.3, -0.25) is 19.3 Å². The lowest BCUT2D eigenvalue weighted by molar-refractivity contribution is -0.122. The van der Waals surface area contributed by atoms with Crippen LogP contribution < -0.4 is 5.32 Å². The molecule has 1 aliphatic heterocycles. The van der Waals surface area contributed by atoms with Gasteiger partial charge in [0.15, 0.2) is 0 Å². The van der Waals surface area contributed by atoms with Crippen LogP contribution >= 0.6 is 11.8 Å². The van der Waals surface area contributed by atoms with Crippen molar-refractivity contribution in [2.24, 2.45) is 0 Å². The molecule has 4 rings (SSSR count). The zero-order valence-electron chi connectivity index (χ0n) is 17.5. The molecule has 1 fully saturated rings. The molecule has 0 saturated carbocycles. The molecule has 1 saturated heterocycles. The van der Waals surface area contributed by atoms with E-state index in [-0.39, 0.29) is 30.1 Å². The number of hydrogen-bond acceptors (Lipinski definition) is 5. The van der Waals surface area contributed by atoms with E-state index < -0.39 is 0 Å². The van der Waals surface area contributed by atoms with E-state index in [0.717, 1.165) is 33.6 Å². The molecular weight excluding hydrogens is 424 g/mol. The lowest BCUT2D eigenvalue weighted by Crippen LogP contribution is -2.37. The zero-order chi connectivity index (χ0) is 22.5. The molecule has 1 N–H and O–H groups in total. The number of aromatic nitrogens is 2. The predicted molar refractivity (Wildman–Crippen MR) is 124 cm³/mol. The molecule has 0 radical (unpaired) electrons. The predicted octanol–water partition coefficient (Wildman–Crippen LogP) is 3.90. The number of thioether (sulfide) groups is 1. The second kappa shape index (κ2) is 9.65. The summed E-state index contributed by atoms with van der Waals surface area (Å²) in [6, 6.07) is 19.0. The Bertz CT molecular complexity index is 1170. The van der Waals surface area contributed by atoms with Gasteiger partial charge in [0, 0.05) is 13.1 Å². The van der Waals surface area contributed by atoms with Gasteiger partial charge in [-0.05, 0) is 42.0 Å². The first kappa shape index (κ1) is 21.6. The van der Waals surface area contributed by atoms with E-state index in [1.54, 1.807) is 17.0 Å². The van der Waals surface area contributed by atoms with Crippen molar-refractivity contribution >= 4 is 34.9 Å². The van der Waals surface area contributed by atoms with Gasteiger partial charge < -0.3 is 5.32 Å². The molecule has 0 unspecified atom stereocenters. The van der Waals surface area contributed by atoms with Crippen molar-refractivity contribution in [3.8, 4) is 5.69 Å². The van der Waals surface area contributed by atoms with Crippen LogP contribution in [0.4, 0.5) is 4.79 Å². The number of rotatable bonds is 7. The number of imide groups is 1. The van der Waals surface area contributed by atoms with Crippen LogP contribution in [0.15, 0.2) is 71.8 Å². The minimum Gasteiger partial charge on any atom is -0.350 e. The second-order valence-corrected chi connectivity index (χ2v) is 8.10. The van der Waals surface area contributed by atoms with E-state index in [9.17, 15) is 14.4 Å². The largest absolute Gasteiger partial charge is 0.350 e. The van der Waals surface area contributed by atoms with Crippen molar-refractivity contribution in [1.82, 2.24) is 20.0 Å². The summed E-state index contributed by atoms with van der Waals surface area (Å²) in [5.41, 5.74) is 3.01. The van der Waals surface area contributed by atoms with Crippen molar-refractivity contribution in [2.75, 3.05) is 13.1 Å². The monoisotopic (exact) mass is 446 g/mol. The lowest BCUT2D eigenvalue weighted by atomic mass is 10.2. The molecule has 3 aromatic rings. The Morgan fingerprint density at radius 2 is 1.75 bits per heavy atom. The summed E-state index contributed by atoms with van der Waals surface area (Å²) in [6.07, 6.45) is 3.88. The van der Waals surface area contributed by atoms with Crippen LogP contribution in [0, 0.1) is 0 Å². The Morgan fingerprint density at radius 1 is 1.06 bits per heavy atom. The number of benzene rings is 2. The van der Waals surface area contributed by atoms with Gasteiger partial charge in [-0.1, -0.05) is 55.5 Å². The Labute approximate surface area is 190 Å². The first-order valence-corrected chi connectivity index (χ1v) is 11.1. The highest BCUT2D eigenvalue weighted by Crippen LogP contribution is 2.31. The summed E-state index contributed by atoms with van der Waals surface area (Å²) in [7, 11) is 0. The summed E-state index contributed by atoms with van der Waals surface area (Å²) in [5.74, 6) is -0.625. The summed E-state index contributed by atoms with van der Waals surface area (Å²) in [4.78, 5) is 39.2. The Hall–Kier alpha value is -3.65. The lowest BCUT2D eigenvalue weighted by Gasteiger charge is -2.13. The zero-order valence-corrected chi connectivity index (χ0v) is 18.3. The van der Waals surface area contributed by atoms with Gasteiger partial charge in [-0.15, -0.1) is 0 Å². The van der Waals surface area contributed by atoms with Gasteiger partial charge in [-0.25, -0.2) is 4.68 Å². The summed E-state index contributed by atoms with van der Waals surface area (Å²) in [5, 5.41) is 6.83.